The predicted octanol–water partition coefficient (Wildman–Crippen LogP) is 2.05. The Morgan fingerprint density at radius 3 is 2.05 bits per heavy atom. The first-order valence-corrected chi connectivity index (χ1v) is 7.98. The van der Waals surface area contributed by atoms with E-state index in [1.165, 1.54) is 45.3 Å². The largest absolute Gasteiger partial charge is 0.341 e. The van der Waals surface area contributed by atoms with E-state index < -0.39 is 5.54 Å². The molecule has 21 heavy (non-hydrogen) atoms. The Balaban J connectivity index is 0.00000110. The number of likely N-dealkylation sites (tertiary alicyclic amines) is 2. The maximum absolute atomic E-state index is 12.3. The molecule has 124 valence electrons. The summed E-state index contributed by atoms with van der Waals surface area (Å²) in [5.41, 5.74) is 5.65. The van der Waals surface area contributed by atoms with Gasteiger partial charge in [0.2, 0.25) is 5.91 Å². The molecule has 0 atom stereocenters. The second kappa shape index (κ2) is 8.00. The molecule has 1 saturated carbocycles. The molecule has 3 aliphatic rings. The van der Waals surface area contributed by atoms with Gasteiger partial charge >= 0.3 is 0 Å². The number of carbonyl (C=O) groups is 1. The summed E-state index contributed by atoms with van der Waals surface area (Å²) in [6.07, 6.45) is 7.96. The zero-order valence-electron chi connectivity index (χ0n) is 12.8. The maximum Gasteiger partial charge on any atom is 0.242 e. The van der Waals surface area contributed by atoms with Gasteiger partial charge in [-0.3, -0.25) is 4.79 Å². The summed E-state index contributed by atoms with van der Waals surface area (Å²) in [4.78, 5) is 17.0. The van der Waals surface area contributed by atoms with Gasteiger partial charge in [0.05, 0.1) is 5.54 Å². The minimum atomic E-state index is -0.498. The average molecular weight is 338 g/mol. The highest BCUT2D eigenvalue weighted by molar-refractivity contribution is 5.87. The second-order valence-electron chi connectivity index (χ2n) is 6.75. The van der Waals surface area contributed by atoms with Crippen LogP contribution in [0.3, 0.4) is 0 Å². The molecule has 0 aromatic heterocycles. The van der Waals surface area contributed by atoms with E-state index in [9.17, 15) is 4.79 Å². The van der Waals surface area contributed by atoms with Gasteiger partial charge in [-0.2, -0.15) is 0 Å². The molecular formula is C15H29Cl2N3O. The lowest BCUT2D eigenvalue weighted by Gasteiger charge is -2.43. The van der Waals surface area contributed by atoms with Gasteiger partial charge in [-0.25, -0.2) is 0 Å². The molecule has 2 saturated heterocycles. The van der Waals surface area contributed by atoms with Crippen molar-refractivity contribution in [2.24, 2.45) is 11.7 Å². The third kappa shape index (κ3) is 4.25. The maximum atomic E-state index is 12.3. The highest BCUT2D eigenvalue weighted by Gasteiger charge is 2.43. The van der Waals surface area contributed by atoms with Crippen molar-refractivity contribution in [2.45, 2.75) is 50.5 Å². The van der Waals surface area contributed by atoms with Crippen LogP contribution in [0.5, 0.6) is 0 Å². The van der Waals surface area contributed by atoms with E-state index in [1.54, 1.807) is 0 Å². The molecule has 2 N–H and O–H groups in total. The number of hydrogen-bond acceptors (Lipinski definition) is 3. The summed E-state index contributed by atoms with van der Waals surface area (Å²) in [7, 11) is 0. The fraction of sp³-hybridized carbons (Fsp3) is 0.933. The minimum Gasteiger partial charge on any atom is -0.341 e. The molecule has 0 spiro atoms. The SMILES string of the molecule is Cl.Cl.NC1(C(=O)N2CCC(CN3CCCC3)CC2)CCC1. The number of piperidine rings is 1. The van der Waals surface area contributed by atoms with Gasteiger partial charge in [-0.1, -0.05) is 0 Å². The van der Waals surface area contributed by atoms with Gasteiger partial charge in [-0.15, -0.1) is 24.8 Å². The molecular weight excluding hydrogens is 309 g/mol. The van der Waals surface area contributed by atoms with Crippen molar-refractivity contribution < 1.29 is 4.79 Å². The summed E-state index contributed by atoms with van der Waals surface area (Å²) in [6.45, 7) is 5.67. The molecule has 1 aliphatic carbocycles. The van der Waals surface area contributed by atoms with Crippen molar-refractivity contribution in [3.8, 4) is 0 Å². The Morgan fingerprint density at radius 2 is 1.57 bits per heavy atom. The monoisotopic (exact) mass is 337 g/mol. The molecule has 3 fully saturated rings. The number of nitrogens with two attached hydrogens (primary N) is 1. The average Bonchev–Trinajstić information content (AvgIpc) is 2.89. The Morgan fingerprint density at radius 1 is 1.00 bits per heavy atom. The second-order valence-corrected chi connectivity index (χ2v) is 6.75. The highest BCUT2D eigenvalue weighted by Crippen LogP contribution is 2.32. The van der Waals surface area contributed by atoms with Crippen LogP contribution in [0.25, 0.3) is 0 Å². The number of carbonyl (C=O) groups excluding carboxylic acids is 1. The Bertz CT molecular complexity index is 336. The standard InChI is InChI=1S/C15H27N3O.2ClH/c16-15(6-3-7-15)14(19)18-10-4-13(5-11-18)12-17-8-1-2-9-17;;/h13H,1-12,16H2;2*1H. The Labute approximate surface area is 140 Å². The van der Waals surface area contributed by atoms with Gasteiger partial charge in [-0.05, 0) is 64.0 Å². The highest BCUT2D eigenvalue weighted by atomic mass is 35.5. The van der Waals surface area contributed by atoms with E-state index in [0.717, 1.165) is 38.3 Å². The third-order valence-corrected chi connectivity index (χ3v) is 5.29. The van der Waals surface area contributed by atoms with Crippen molar-refractivity contribution in [1.29, 1.82) is 0 Å². The van der Waals surface area contributed by atoms with Gasteiger partial charge in [0, 0.05) is 19.6 Å². The topological polar surface area (TPSA) is 49.6 Å². The van der Waals surface area contributed by atoms with Gasteiger partial charge in [0.25, 0.3) is 0 Å². The van der Waals surface area contributed by atoms with E-state index in [4.69, 9.17) is 5.73 Å². The molecule has 4 nitrogen and oxygen atoms in total. The molecule has 0 aromatic rings. The Kier molecular flexibility index (Phi) is 7.25. The quantitative estimate of drug-likeness (QED) is 0.857. The van der Waals surface area contributed by atoms with Gasteiger partial charge in [0.1, 0.15) is 0 Å². The molecule has 3 rings (SSSR count). The van der Waals surface area contributed by atoms with Crippen molar-refractivity contribution in [3.05, 3.63) is 0 Å². The molecule has 0 unspecified atom stereocenters. The predicted molar refractivity (Wildman–Crippen MR) is 90.2 cm³/mol. The normalized spacial score (nSPS) is 25.7. The summed E-state index contributed by atoms with van der Waals surface area (Å²) < 4.78 is 0. The van der Waals surface area contributed by atoms with Crippen LogP contribution < -0.4 is 5.73 Å². The van der Waals surface area contributed by atoms with E-state index in [1.807, 2.05) is 4.90 Å². The molecule has 6 heteroatoms. The number of nitrogens with zero attached hydrogens (tertiary/aromatic N) is 2. The Hall–Kier alpha value is -0.0300. The summed E-state index contributed by atoms with van der Waals surface area (Å²) in [5.74, 6) is 1.01. The van der Waals surface area contributed by atoms with Crippen molar-refractivity contribution >= 4 is 30.7 Å². The van der Waals surface area contributed by atoms with Gasteiger partial charge in [0.15, 0.2) is 0 Å². The lowest BCUT2D eigenvalue weighted by molar-refractivity contribution is -0.141. The van der Waals surface area contributed by atoms with E-state index >= 15 is 0 Å². The summed E-state index contributed by atoms with van der Waals surface area (Å²) >= 11 is 0. The lowest BCUT2D eigenvalue weighted by atomic mass is 9.76. The summed E-state index contributed by atoms with van der Waals surface area (Å²) in [5, 5.41) is 0. The molecule has 0 bridgehead atoms. The zero-order chi connectivity index (χ0) is 13.3. The first-order valence-electron chi connectivity index (χ1n) is 7.98. The zero-order valence-corrected chi connectivity index (χ0v) is 14.4. The molecule has 0 radical (unpaired) electrons. The molecule has 1 amide bonds. The van der Waals surface area contributed by atoms with Crippen molar-refractivity contribution in [3.63, 3.8) is 0 Å². The van der Waals surface area contributed by atoms with Crippen LogP contribution in [0.1, 0.15) is 44.9 Å². The van der Waals surface area contributed by atoms with Crippen LogP contribution >= 0.6 is 24.8 Å². The third-order valence-electron chi connectivity index (χ3n) is 5.29. The van der Waals surface area contributed by atoms with Gasteiger partial charge < -0.3 is 15.5 Å². The number of amides is 1. The molecule has 0 aromatic carbocycles. The summed E-state index contributed by atoms with van der Waals surface area (Å²) in [6, 6.07) is 0. The molecule has 2 aliphatic heterocycles. The van der Waals surface area contributed by atoms with Crippen LogP contribution in [0, 0.1) is 5.92 Å². The molecule has 2 heterocycles. The number of halogens is 2. The number of hydrogen-bond donors (Lipinski definition) is 1. The first kappa shape index (κ1) is 19.0. The van der Waals surface area contributed by atoms with Crippen LogP contribution in [0.4, 0.5) is 0 Å². The fourth-order valence-corrected chi connectivity index (χ4v) is 3.74. The van der Waals surface area contributed by atoms with E-state index in [2.05, 4.69) is 4.90 Å². The van der Waals surface area contributed by atoms with Crippen LogP contribution in [-0.2, 0) is 4.79 Å². The van der Waals surface area contributed by atoms with Crippen LogP contribution in [0.15, 0.2) is 0 Å². The smallest absolute Gasteiger partial charge is 0.242 e. The van der Waals surface area contributed by atoms with Crippen LogP contribution in [0.2, 0.25) is 0 Å². The number of rotatable bonds is 3. The van der Waals surface area contributed by atoms with Crippen molar-refractivity contribution in [1.82, 2.24) is 9.80 Å². The van der Waals surface area contributed by atoms with Crippen LogP contribution in [-0.4, -0.2) is 54.0 Å². The lowest BCUT2D eigenvalue weighted by Crippen LogP contribution is -2.60. The fourth-order valence-electron chi connectivity index (χ4n) is 3.74. The van der Waals surface area contributed by atoms with E-state index in [-0.39, 0.29) is 30.7 Å². The van der Waals surface area contributed by atoms with Crippen molar-refractivity contribution in [2.75, 3.05) is 32.7 Å². The van der Waals surface area contributed by atoms with E-state index in [0.29, 0.717) is 0 Å². The minimum absolute atomic E-state index is 0. The first-order chi connectivity index (χ1) is 9.17.